The van der Waals surface area contributed by atoms with Crippen molar-refractivity contribution in [2.24, 2.45) is 5.50 Å². The van der Waals surface area contributed by atoms with Crippen molar-refractivity contribution >= 4 is 7.75 Å². The van der Waals surface area contributed by atoms with Gasteiger partial charge in [0.15, 0.2) is 0 Å². The summed E-state index contributed by atoms with van der Waals surface area (Å²) in [6.45, 7) is 0. The minimum atomic E-state index is -3.84. The van der Waals surface area contributed by atoms with E-state index in [4.69, 9.17) is 10.4 Å². The van der Waals surface area contributed by atoms with E-state index >= 15 is 0 Å². The second kappa shape index (κ2) is 4.35. The molecule has 12 heavy (non-hydrogen) atoms. The lowest BCUT2D eigenvalue weighted by Crippen LogP contribution is -2.31. The molecule has 6 heteroatoms. The predicted molar refractivity (Wildman–Crippen MR) is 45.1 cm³/mol. The van der Waals surface area contributed by atoms with Gasteiger partial charge in [-0.05, 0) is 12.8 Å². The molecule has 0 bridgehead atoms. The van der Waals surface area contributed by atoms with Gasteiger partial charge < -0.3 is 4.89 Å². The molecule has 0 radical (unpaired) electrons. The van der Waals surface area contributed by atoms with Crippen LogP contribution >= 0.6 is 7.75 Å². The highest BCUT2D eigenvalue weighted by Crippen LogP contribution is 2.30. The van der Waals surface area contributed by atoms with Crippen molar-refractivity contribution in [3.8, 4) is 0 Å². The molecule has 1 rings (SSSR count). The van der Waals surface area contributed by atoms with Crippen molar-refractivity contribution < 1.29 is 14.1 Å². The Hall–Kier alpha value is 0.0700. The fraction of sp³-hybridized carbons (Fsp3) is 1.00. The molecule has 0 aromatic heterocycles. The molecule has 0 saturated heterocycles. The van der Waals surface area contributed by atoms with Gasteiger partial charge in [-0.3, -0.25) is 0 Å². The number of rotatable bonds is 3. The Balaban J connectivity index is 2.17. The molecule has 0 amide bonds. The third-order valence-corrected chi connectivity index (χ3v) is 2.32. The third kappa shape index (κ3) is 4.18. The summed E-state index contributed by atoms with van der Waals surface area (Å²) >= 11 is 0. The minimum Gasteiger partial charge on any atom is -0.312 e. The maximum atomic E-state index is 10.5. The second-order valence-corrected chi connectivity index (χ2v) is 4.42. The summed E-state index contributed by atoms with van der Waals surface area (Å²) in [7, 11) is -3.84. The van der Waals surface area contributed by atoms with E-state index < -0.39 is 7.75 Å². The Morgan fingerprint density at radius 2 is 2.00 bits per heavy atom. The monoisotopic (exact) mass is 194 g/mol. The lowest BCUT2D eigenvalue weighted by atomic mass is 9.96. The normalized spacial score (nSPS) is 25.2. The molecule has 0 aliphatic heterocycles. The van der Waals surface area contributed by atoms with Crippen molar-refractivity contribution in [2.75, 3.05) is 0 Å². The fourth-order valence-corrected chi connectivity index (χ4v) is 1.67. The lowest BCUT2D eigenvalue weighted by Gasteiger charge is -2.22. The van der Waals surface area contributed by atoms with E-state index in [0.29, 0.717) is 0 Å². The topological polar surface area (TPSA) is 84.6 Å². The van der Waals surface area contributed by atoms with Gasteiger partial charge in [0, 0.05) is 6.04 Å². The zero-order valence-corrected chi connectivity index (χ0v) is 7.80. The van der Waals surface area contributed by atoms with Gasteiger partial charge in [0.1, 0.15) is 0 Å². The molecule has 1 unspecified atom stereocenters. The highest BCUT2D eigenvalue weighted by molar-refractivity contribution is 7.50. The molecule has 0 spiro atoms. The Bertz CT molecular complexity index is 176. The fourth-order valence-electron chi connectivity index (χ4n) is 1.37. The average molecular weight is 194 g/mol. The van der Waals surface area contributed by atoms with Crippen LogP contribution in [0.3, 0.4) is 0 Å². The first-order valence-electron chi connectivity index (χ1n) is 4.13. The average Bonchev–Trinajstić information content (AvgIpc) is 2.02. The summed E-state index contributed by atoms with van der Waals surface area (Å²) in [6.07, 6.45) is 5.49. The van der Waals surface area contributed by atoms with Crippen molar-refractivity contribution in [1.29, 1.82) is 0 Å². The zero-order valence-electron chi connectivity index (χ0n) is 6.90. The first kappa shape index (κ1) is 10.2. The molecule has 1 aliphatic carbocycles. The van der Waals surface area contributed by atoms with Crippen molar-refractivity contribution in [3.63, 3.8) is 0 Å². The quantitative estimate of drug-likeness (QED) is 0.459. The van der Waals surface area contributed by atoms with Crippen LogP contribution in [0.2, 0.25) is 0 Å². The molecule has 5 nitrogen and oxygen atoms in total. The molecular weight excluding hydrogens is 179 g/mol. The molecule has 1 atom stereocenters. The lowest BCUT2D eigenvalue weighted by molar-refractivity contribution is 0.115. The molecule has 1 saturated carbocycles. The molecule has 4 N–H and O–H groups in total. The van der Waals surface area contributed by atoms with Crippen LogP contribution in [0, 0.1) is 0 Å². The van der Waals surface area contributed by atoms with E-state index in [1.165, 1.54) is 6.42 Å². The smallest absolute Gasteiger partial charge is 0.312 e. The van der Waals surface area contributed by atoms with Gasteiger partial charge in [0.2, 0.25) is 0 Å². The van der Waals surface area contributed by atoms with Crippen LogP contribution < -0.4 is 11.0 Å². The van der Waals surface area contributed by atoms with Crippen molar-refractivity contribution in [2.45, 2.75) is 38.1 Å². The van der Waals surface area contributed by atoms with Gasteiger partial charge in [-0.25, -0.2) is 14.7 Å². The number of nitrogens with one attached hydrogen (secondary N) is 1. The van der Waals surface area contributed by atoms with Crippen LogP contribution in [0.25, 0.3) is 0 Å². The number of hydroxylamine groups is 1. The number of hydrogen-bond donors (Lipinski definition) is 3. The van der Waals surface area contributed by atoms with Crippen LogP contribution in [-0.2, 0) is 9.19 Å². The first-order chi connectivity index (χ1) is 5.58. The Kier molecular flexibility index (Phi) is 3.68. The van der Waals surface area contributed by atoms with E-state index in [1.54, 1.807) is 0 Å². The third-order valence-electron chi connectivity index (χ3n) is 1.96. The van der Waals surface area contributed by atoms with Crippen LogP contribution in [0.5, 0.6) is 0 Å². The van der Waals surface area contributed by atoms with Gasteiger partial charge >= 0.3 is 7.75 Å². The summed E-state index contributed by atoms with van der Waals surface area (Å²) in [6, 6.07) is 0.183. The zero-order chi connectivity index (χ0) is 9.03. The molecular formula is C6H15N2O3P. The molecule has 0 aromatic carbocycles. The predicted octanol–water partition coefficient (Wildman–Crippen LogP) is 0.899. The highest BCUT2D eigenvalue weighted by atomic mass is 31.2. The van der Waals surface area contributed by atoms with Crippen LogP contribution in [0.4, 0.5) is 0 Å². The highest BCUT2D eigenvalue weighted by Gasteiger charge is 2.17. The standard InChI is InChI=1S/C6H15N2O3P/c7-12(9,10)11-8-6-4-2-1-3-5-6/h6,8H,1-5H2,(H3,7,9,10). The molecule has 0 heterocycles. The van der Waals surface area contributed by atoms with Crippen LogP contribution in [0.15, 0.2) is 0 Å². The Morgan fingerprint density at radius 3 is 2.50 bits per heavy atom. The molecule has 72 valence electrons. The van der Waals surface area contributed by atoms with E-state index in [9.17, 15) is 4.57 Å². The Labute approximate surface area is 71.8 Å². The van der Waals surface area contributed by atoms with Gasteiger partial charge in [-0.15, -0.1) is 0 Å². The van der Waals surface area contributed by atoms with Gasteiger partial charge in [-0.1, -0.05) is 19.3 Å². The maximum absolute atomic E-state index is 10.5. The van der Waals surface area contributed by atoms with Gasteiger partial charge in [0.25, 0.3) is 0 Å². The maximum Gasteiger partial charge on any atom is 0.416 e. The van der Waals surface area contributed by atoms with Gasteiger partial charge in [0.05, 0.1) is 0 Å². The number of hydrogen-bond acceptors (Lipinski definition) is 3. The van der Waals surface area contributed by atoms with Crippen LogP contribution in [-0.4, -0.2) is 10.9 Å². The molecule has 0 aromatic rings. The van der Waals surface area contributed by atoms with E-state index in [2.05, 4.69) is 10.1 Å². The van der Waals surface area contributed by atoms with Crippen molar-refractivity contribution in [3.05, 3.63) is 0 Å². The summed E-state index contributed by atoms with van der Waals surface area (Å²) in [4.78, 5) is 8.60. The van der Waals surface area contributed by atoms with E-state index in [1.807, 2.05) is 0 Å². The largest absolute Gasteiger partial charge is 0.416 e. The van der Waals surface area contributed by atoms with Gasteiger partial charge in [-0.2, -0.15) is 5.48 Å². The molecule has 1 aliphatic rings. The van der Waals surface area contributed by atoms with E-state index in [0.717, 1.165) is 25.7 Å². The molecule has 1 fully saturated rings. The minimum absolute atomic E-state index is 0.183. The summed E-state index contributed by atoms with van der Waals surface area (Å²) < 4.78 is 14.9. The van der Waals surface area contributed by atoms with Crippen molar-refractivity contribution in [1.82, 2.24) is 5.48 Å². The second-order valence-electron chi connectivity index (χ2n) is 3.11. The Morgan fingerprint density at radius 1 is 1.42 bits per heavy atom. The van der Waals surface area contributed by atoms with E-state index in [-0.39, 0.29) is 6.04 Å². The summed E-state index contributed by atoms with van der Waals surface area (Å²) in [5, 5.41) is 0. The first-order valence-corrected chi connectivity index (χ1v) is 5.78. The summed E-state index contributed by atoms with van der Waals surface area (Å²) in [5.74, 6) is 0. The number of nitrogens with two attached hydrogens (primary N) is 1. The SMILES string of the molecule is NP(=O)(O)ONC1CCCCC1. The van der Waals surface area contributed by atoms with Crippen LogP contribution in [0.1, 0.15) is 32.1 Å². The summed E-state index contributed by atoms with van der Waals surface area (Å²) in [5.41, 5.74) is 7.30.